The quantitative estimate of drug-likeness (QED) is 0.575. The fourth-order valence-electron chi connectivity index (χ4n) is 3.96. The first-order valence-corrected chi connectivity index (χ1v) is 10.0. The van der Waals surface area contributed by atoms with Crippen molar-refractivity contribution in [3.05, 3.63) is 53.4 Å². The predicted molar refractivity (Wildman–Crippen MR) is 108 cm³/mol. The van der Waals surface area contributed by atoms with Crippen molar-refractivity contribution in [3.63, 3.8) is 0 Å². The number of thioether (sulfide) groups is 1. The van der Waals surface area contributed by atoms with E-state index in [9.17, 15) is 0 Å². The lowest BCUT2D eigenvalue weighted by atomic mass is 10.2. The normalized spacial score (nSPS) is 25.6. The molecule has 0 radical (unpaired) electrons. The van der Waals surface area contributed by atoms with Crippen molar-refractivity contribution in [1.29, 1.82) is 0 Å². The summed E-state index contributed by atoms with van der Waals surface area (Å²) in [5.41, 5.74) is 2.47. The number of hydrogen-bond acceptors (Lipinski definition) is 3. The van der Waals surface area contributed by atoms with E-state index in [1.165, 1.54) is 42.5 Å². The summed E-state index contributed by atoms with van der Waals surface area (Å²) in [6.45, 7) is 4.66. The molecule has 0 saturated carbocycles. The largest absolute Gasteiger partial charge is 0.346 e. The molecular weight excluding hydrogens is 352 g/mol. The van der Waals surface area contributed by atoms with Gasteiger partial charge in [-0.1, -0.05) is 11.6 Å². The highest BCUT2D eigenvalue weighted by Crippen LogP contribution is 2.42. The maximum absolute atomic E-state index is 6.20. The molecule has 3 aliphatic heterocycles. The van der Waals surface area contributed by atoms with Crippen molar-refractivity contribution in [2.24, 2.45) is 4.99 Å². The van der Waals surface area contributed by atoms with Crippen molar-refractivity contribution < 1.29 is 0 Å². The number of fused-ring (bicyclic) bond motifs is 2. The summed E-state index contributed by atoms with van der Waals surface area (Å²) in [5.74, 6) is 0. The minimum atomic E-state index is 0.511. The first-order chi connectivity index (χ1) is 12.2. The summed E-state index contributed by atoms with van der Waals surface area (Å²) in [7, 11) is 0. The molecule has 1 fully saturated rings. The maximum Gasteiger partial charge on any atom is 0.284 e. The van der Waals surface area contributed by atoms with Crippen molar-refractivity contribution in [3.8, 4) is 0 Å². The van der Waals surface area contributed by atoms with E-state index in [4.69, 9.17) is 11.6 Å². The van der Waals surface area contributed by atoms with Gasteiger partial charge >= 0.3 is 0 Å². The molecule has 0 spiro atoms. The molecule has 0 amide bonds. The summed E-state index contributed by atoms with van der Waals surface area (Å²) < 4.78 is 2.89. The van der Waals surface area contributed by atoms with Crippen LogP contribution < -0.4 is 4.48 Å². The zero-order chi connectivity index (χ0) is 16.9. The summed E-state index contributed by atoms with van der Waals surface area (Å²) in [5, 5.41) is 4.94. The lowest BCUT2D eigenvalue weighted by Gasteiger charge is -2.23. The van der Waals surface area contributed by atoms with Crippen LogP contribution in [-0.4, -0.2) is 34.3 Å². The Hall–Kier alpha value is -1.53. The highest BCUT2D eigenvalue weighted by Gasteiger charge is 2.42. The van der Waals surface area contributed by atoms with Crippen molar-refractivity contribution in [2.45, 2.75) is 19.4 Å². The van der Waals surface area contributed by atoms with Gasteiger partial charge < -0.3 is 9.47 Å². The van der Waals surface area contributed by atoms with Gasteiger partial charge in [0.05, 0.1) is 5.52 Å². The van der Waals surface area contributed by atoms with Gasteiger partial charge in [0, 0.05) is 42.2 Å². The van der Waals surface area contributed by atoms with Crippen LogP contribution in [0.1, 0.15) is 12.8 Å². The number of nitrogens with zero attached hydrogens (tertiary/aromatic N) is 4. The third-order valence-electron chi connectivity index (χ3n) is 5.34. The van der Waals surface area contributed by atoms with E-state index in [2.05, 4.69) is 56.5 Å². The first kappa shape index (κ1) is 15.7. The van der Waals surface area contributed by atoms with Crippen LogP contribution in [0.25, 0.3) is 10.9 Å². The zero-order valence-electron chi connectivity index (χ0n) is 13.9. The van der Waals surface area contributed by atoms with Crippen LogP contribution in [-0.2, 0) is 6.54 Å². The van der Waals surface area contributed by atoms with Crippen LogP contribution in [0.5, 0.6) is 0 Å². The van der Waals surface area contributed by atoms with Gasteiger partial charge in [-0.3, -0.25) is 0 Å². The summed E-state index contributed by atoms with van der Waals surface area (Å²) in [6, 6.07) is 8.89. The summed E-state index contributed by atoms with van der Waals surface area (Å²) in [6.07, 6.45) is 9.05. The van der Waals surface area contributed by atoms with Gasteiger partial charge in [-0.05, 0) is 49.8 Å². The second-order valence-electron chi connectivity index (χ2n) is 6.83. The highest BCUT2D eigenvalue weighted by atomic mass is 35.5. The molecule has 5 rings (SSSR count). The molecule has 2 aromatic rings. The Morgan fingerprint density at radius 1 is 1.16 bits per heavy atom. The molecule has 25 heavy (non-hydrogen) atoms. The number of quaternary nitrogens is 1. The van der Waals surface area contributed by atoms with E-state index in [0.717, 1.165) is 18.3 Å². The molecule has 0 N–H and O–H groups in total. The Labute approximate surface area is 156 Å². The number of likely N-dealkylation sites (tertiary alicyclic amines) is 1. The molecular formula is C19H20ClN4S+. The van der Waals surface area contributed by atoms with Crippen LogP contribution in [0.4, 0.5) is 5.69 Å². The Morgan fingerprint density at radius 2 is 2.04 bits per heavy atom. The summed E-state index contributed by atoms with van der Waals surface area (Å²) >= 11 is 7.85. The van der Waals surface area contributed by atoms with Crippen molar-refractivity contribution in [2.75, 3.05) is 19.6 Å². The number of hydrogen-bond donors (Lipinski definition) is 0. The molecule has 1 aromatic heterocycles. The zero-order valence-corrected chi connectivity index (χ0v) is 15.5. The maximum atomic E-state index is 6.20. The minimum absolute atomic E-state index is 0.511. The average Bonchev–Trinajstić information content (AvgIpc) is 3.35. The molecule has 3 aliphatic rings. The Kier molecular flexibility index (Phi) is 3.78. The topological polar surface area (TPSA) is 20.5 Å². The van der Waals surface area contributed by atoms with Gasteiger partial charge in [-0.2, -0.15) is 9.48 Å². The van der Waals surface area contributed by atoms with Gasteiger partial charge in [-0.25, -0.2) is 0 Å². The molecule has 4 heterocycles. The smallest absolute Gasteiger partial charge is 0.284 e. The first-order valence-electron chi connectivity index (χ1n) is 8.77. The molecule has 1 aromatic carbocycles. The molecule has 1 atom stereocenters. The number of halogens is 1. The van der Waals surface area contributed by atoms with E-state index in [0.29, 0.717) is 9.64 Å². The molecule has 0 aliphatic carbocycles. The van der Waals surface area contributed by atoms with Crippen LogP contribution in [0.2, 0.25) is 0 Å². The lowest BCUT2D eigenvalue weighted by Crippen LogP contribution is -2.37. The predicted octanol–water partition coefficient (Wildman–Crippen LogP) is 4.67. The second-order valence-corrected chi connectivity index (χ2v) is 8.09. The monoisotopic (exact) mass is 371 g/mol. The van der Waals surface area contributed by atoms with Gasteiger partial charge in [0.2, 0.25) is 0 Å². The van der Waals surface area contributed by atoms with Crippen LogP contribution in [0.3, 0.4) is 0 Å². The Bertz CT molecular complexity index is 923. The van der Waals surface area contributed by atoms with Crippen molar-refractivity contribution in [1.82, 2.24) is 14.0 Å². The van der Waals surface area contributed by atoms with Crippen LogP contribution in [0, 0.1) is 0 Å². The van der Waals surface area contributed by atoms with Gasteiger partial charge in [0.25, 0.3) is 5.17 Å². The highest BCUT2D eigenvalue weighted by molar-refractivity contribution is 8.16. The number of benzene rings is 1. The second kappa shape index (κ2) is 6.02. The van der Waals surface area contributed by atoms with E-state index >= 15 is 0 Å². The average molecular weight is 372 g/mol. The third-order valence-corrected chi connectivity index (χ3v) is 6.38. The lowest BCUT2D eigenvalue weighted by molar-refractivity contribution is 0.324. The number of rotatable bonds is 4. The van der Waals surface area contributed by atoms with E-state index in [1.54, 1.807) is 11.8 Å². The van der Waals surface area contributed by atoms with E-state index in [1.807, 2.05) is 6.20 Å². The standard InChI is InChI=1S/C19H20ClN4S/c20-18-14-24(11-12-25-19(24)21-18)16-4-3-15-5-8-23(17(15)13-16)10-9-22-6-1-2-7-22/h3-5,8,11-14H,1-2,6-7,9-10H2/q+1. The molecule has 128 valence electrons. The Morgan fingerprint density at radius 3 is 2.92 bits per heavy atom. The van der Waals surface area contributed by atoms with Crippen molar-refractivity contribution >= 4 is 45.1 Å². The van der Waals surface area contributed by atoms with Gasteiger partial charge in [0.1, 0.15) is 6.20 Å². The van der Waals surface area contributed by atoms with E-state index in [-0.39, 0.29) is 0 Å². The molecule has 1 unspecified atom stereocenters. The number of aromatic nitrogens is 1. The SMILES string of the molecule is ClC1=C[N+]2(c3ccc4ccn(CCN5CCCC5)c4c3)C=CSC2=N1. The number of aliphatic imine (C=N–C) groups is 1. The molecule has 4 nitrogen and oxygen atoms in total. The fourth-order valence-corrected chi connectivity index (χ4v) is 5.16. The minimum Gasteiger partial charge on any atom is -0.346 e. The molecule has 1 saturated heterocycles. The van der Waals surface area contributed by atoms with Gasteiger partial charge in [0.15, 0.2) is 17.0 Å². The van der Waals surface area contributed by atoms with Crippen LogP contribution >= 0.6 is 23.4 Å². The van der Waals surface area contributed by atoms with E-state index < -0.39 is 0 Å². The molecule has 6 heteroatoms. The number of amidine groups is 1. The van der Waals surface area contributed by atoms with Gasteiger partial charge in [-0.15, -0.1) is 0 Å². The molecule has 0 bridgehead atoms. The Balaban J connectivity index is 1.50. The fraction of sp³-hybridized carbons (Fsp3) is 0.316. The summed E-state index contributed by atoms with van der Waals surface area (Å²) in [4.78, 5) is 7.04. The van der Waals surface area contributed by atoms with Crippen LogP contribution in [0.15, 0.2) is 58.4 Å². The third kappa shape index (κ3) is 2.57.